The molecule has 2 aromatic rings. The summed E-state index contributed by atoms with van der Waals surface area (Å²) in [7, 11) is 0. The lowest BCUT2D eigenvalue weighted by atomic mass is 10.0. The highest BCUT2D eigenvalue weighted by atomic mass is 16.5. The molecular formula is C18H19NO4. The number of carbonyl (C=O) groups is 2. The van der Waals surface area contributed by atoms with Gasteiger partial charge in [0.2, 0.25) is 0 Å². The van der Waals surface area contributed by atoms with Crippen molar-refractivity contribution in [2.75, 3.05) is 6.61 Å². The lowest BCUT2D eigenvalue weighted by Crippen LogP contribution is -2.40. The van der Waals surface area contributed by atoms with Crippen molar-refractivity contribution in [3.63, 3.8) is 0 Å². The van der Waals surface area contributed by atoms with E-state index in [0.717, 1.165) is 11.1 Å². The molecule has 0 aliphatic carbocycles. The number of ether oxygens (including phenoxy) is 1. The van der Waals surface area contributed by atoms with Crippen molar-refractivity contribution in [3.05, 3.63) is 54.1 Å². The van der Waals surface area contributed by atoms with Crippen LogP contribution in [0.5, 0.6) is 5.75 Å². The topological polar surface area (TPSA) is 75.6 Å². The lowest BCUT2D eigenvalue weighted by Gasteiger charge is -2.10. The minimum Gasteiger partial charge on any atom is -0.484 e. The smallest absolute Gasteiger partial charge is 0.325 e. The predicted molar refractivity (Wildman–Crippen MR) is 87.4 cm³/mol. The molecule has 0 bridgehead atoms. The van der Waals surface area contributed by atoms with Crippen molar-refractivity contribution in [2.24, 2.45) is 0 Å². The van der Waals surface area contributed by atoms with Crippen molar-refractivity contribution >= 4 is 11.9 Å². The first kappa shape index (κ1) is 16.5. The van der Waals surface area contributed by atoms with Gasteiger partial charge in [0.1, 0.15) is 11.8 Å². The number of hydrogen-bond acceptors (Lipinski definition) is 3. The van der Waals surface area contributed by atoms with E-state index in [-0.39, 0.29) is 6.61 Å². The molecule has 0 spiro atoms. The Morgan fingerprint density at radius 2 is 1.57 bits per heavy atom. The molecule has 0 saturated carbocycles. The minimum absolute atomic E-state index is 0.221. The van der Waals surface area contributed by atoms with Crippen LogP contribution in [-0.2, 0) is 9.59 Å². The molecule has 0 unspecified atom stereocenters. The molecule has 5 heteroatoms. The number of hydrogen-bond donors (Lipinski definition) is 2. The molecule has 0 heterocycles. The predicted octanol–water partition coefficient (Wildman–Crippen LogP) is 2.63. The first-order valence-electron chi connectivity index (χ1n) is 7.28. The zero-order chi connectivity index (χ0) is 16.8. The fourth-order valence-corrected chi connectivity index (χ4v) is 1.98. The molecule has 2 N–H and O–H groups in total. The maximum absolute atomic E-state index is 11.6. The van der Waals surface area contributed by atoms with E-state index in [1.54, 1.807) is 12.1 Å². The third-order valence-corrected chi connectivity index (χ3v) is 3.36. The van der Waals surface area contributed by atoms with Gasteiger partial charge in [-0.15, -0.1) is 0 Å². The number of carboxylic acids is 1. The van der Waals surface area contributed by atoms with E-state index in [1.807, 2.05) is 43.3 Å². The van der Waals surface area contributed by atoms with Crippen molar-refractivity contribution < 1.29 is 19.4 Å². The second kappa shape index (κ2) is 7.45. The molecule has 5 nitrogen and oxygen atoms in total. The molecule has 2 rings (SSSR count). The van der Waals surface area contributed by atoms with Gasteiger partial charge in [-0.05, 0) is 37.1 Å². The number of amides is 1. The summed E-state index contributed by atoms with van der Waals surface area (Å²) in [5, 5.41) is 11.0. The van der Waals surface area contributed by atoms with E-state index < -0.39 is 17.9 Å². The van der Waals surface area contributed by atoms with Crippen LogP contribution in [0.2, 0.25) is 0 Å². The van der Waals surface area contributed by atoms with Gasteiger partial charge in [-0.25, -0.2) is 0 Å². The second-order valence-electron chi connectivity index (χ2n) is 5.31. The number of carbonyl (C=O) groups excluding carboxylic acids is 1. The Balaban J connectivity index is 1.91. The van der Waals surface area contributed by atoms with Crippen LogP contribution in [0.1, 0.15) is 12.5 Å². The quantitative estimate of drug-likeness (QED) is 0.859. The van der Waals surface area contributed by atoms with Gasteiger partial charge in [-0.3, -0.25) is 9.59 Å². The van der Waals surface area contributed by atoms with Crippen LogP contribution in [0.15, 0.2) is 48.5 Å². The van der Waals surface area contributed by atoms with Gasteiger partial charge >= 0.3 is 5.97 Å². The number of nitrogens with one attached hydrogen (secondary N) is 1. The van der Waals surface area contributed by atoms with Crippen LogP contribution in [0.25, 0.3) is 11.1 Å². The van der Waals surface area contributed by atoms with Crippen molar-refractivity contribution in [3.8, 4) is 16.9 Å². The van der Waals surface area contributed by atoms with E-state index in [4.69, 9.17) is 9.84 Å². The molecule has 120 valence electrons. The first-order valence-corrected chi connectivity index (χ1v) is 7.28. The van der Waals surface area contributed by atoms with E-state index in [0.29, 0.717) is 5.75 Å². The largest absolute Gasteiger partial charge is 0.484 e. The molecule has 0 aliphatic heterocycles. The third-order valence-electron chi connectivity index (χ3n) is 3.36. The van der Waals surface area contributed by atoms with Crippen LogP contribution in [-0.4, -0.2) is 29.6 Å². The fraction of sp³-hybridized carbons (Fsp3) is 0.222. The molecule has 0 aliphatic rings. The SMILES string of the molecule is Cc1ccc(-c2ccc(OCC(=O)N[C@H](C)C(=O)O)cc2)cc1. The Morgan fingerprint density at radius 1 is 1.04 bits per heavy atom. The maximum Gasteiger partial charge on any atom is 0.325 e. The molecule has 0 saturated heterocycles. The third kappa shape index (κ3) is 4.85. The monoisotopic (exact) mass is 313 g/mol. The van der Waals surface area contributed by atoms with Crippen LogP contribution in [0.4, 0.5) is 0 Å². The van der Waals surface area contributed by atoms with Gasteiger partial charge in [0.15, 0.2) is 6.61 Å². The van der Waals surface area contributed by atoms with Gasteiger partial charge < -0.3 is 15.2 Å². The van der Waals surface area contributed by atoms with E-state index in [9.17, 15) is 9.59 Å². The summed E-state index contributed by atoms with van der Waals surface area (Å²) in [4.78, 5) is 22.2. The van der Waals surface area contributed by atoms with Gasteiger partial charge in [-0.1, -0.05) is 42.0 Å². The normalized spacial score (nSPS) is 11.6. The highest BCUT2D eigenvalue weighted by Crippen LogP contribution is 2.22. The number of aryl methyl sites for hydroxylation is 1. The Morgan fingerprint density at radius 3 is 2.09 bits per heavy atom. The summed E-state index contributed by atoms with van der Waals surface area (Å²) in [6, 6.07) is 14.6. The van der Waals surface area contributed by atoms with E-state index in [2.05, 4.69) is 5.32 Å². The summed E-state index contributed by atoms with van der Waals surface area (Å²) in [5.41, 5.74) is 3.37. The molecule has 0 aromatic heterocycles. The average Bonchev–Trinajstić information content (AvgIpc) is 2.54. The van der Waals surface area contributed by atoms with Crippen LogP contribution in [0, 0.1) is 6.92 Å². The Labute approximate surface area is 134 Å². The number of benzene rings is 2. The Kier molecular flexibility index (Phi) is 5.36. The molecular weight excluding hydrogens is 294 g/mol. The zero-order valence-corrected chi connectivity index (χ0v) is 13.1. The summed E-state index contributed by atoms with van der Waals surface area (Å²) in [5.74, 6) is -0.998. The van der Waals surface area contributed by atoms with E-state index in [1.165, 1.54) is 12.5 Å². The summed E-state index contributed by atoms with van der Waals surface area (Å²) < 4.78 is 5.35. The second-order valence-corrected chi connectivity index (χ2v) is 5.31. The van der Waals surface area contributed by atoms with Gasteiger partial charge in [0.05, 0.1) is 0 Å². The summed E-state index contributed by atoms with van der Waals surface area (Å²) in [6.07, 6.45) is 0. The molecule has 1 atom stereocenters. The minimum atomic E-state index is -1.08. The number of carboxylic acid groups (broad SMARTS) is 1. The lowest BCUT2D eigenvalue weighted by molar-refractivity contribution is -0.141. The van der Waals surface area contributed by atoms with Crippen LogP contribution in [0.3, 0.4) is 0 Å². The average molecular weight is 313 g/mol. The van der Waals surface area contributed by atoms with Gasteiger partial charge in [0.25, 0.3) is 5.91 Å². The summed E-state index contributed by atoms with van der Waals surface area (Å²) in [6.45, 7) is 3.22. The highest BCUT2D eigenvalue weighted by molar-refractivity contribution is 5.84. The zero-order valence-electron chi connectivity index (χ0n) is 13.1. The van der Waals surface area contributed by atoms with Crippen molar-refractivity contribution in [2.45, 2.75) is 19.9 Å². The van der Waals surface area contributed by atoms with Gasteiger partial charge in [0, 0.05) is 0 Å². The first-order chi connectivity index (χ1) is 11.0. The van der Waals surface area contributed by atoms with E-state index >= 15 is 0 Å². The van der Waals surface area contributed by atoms with Crippen molar-refractivity contribution in [1.29, 1.82) is 0 Å². The van der Waals surface area contributed by atoms with Crippen molar-refractivity contribution in [1.82, 2.24) is 5.32 Å². The fourth-order valence-electron chi connectivity index (χ4n) is 1.98. The molecule has 0 radical (unpaired) electrons. The van der Waals surface area contributed by atoms with Crippen LogP contribution >= 0.6 is 0 Å². The maximum atomic E-state index is 11.6. The highest BCUT2D eigenvalue weighted by Gasteiger charge is 2.14. The number of rotatable bonds is 6. The van der Waals surface area contributed by atoms with Crippen LogP contribution < -0.4 is 10.1 Å². The standard InChI is InChI=1S/C18H19NO4/c1-12-3-5-14(6-4-12)15-7-9-16(10-8-15)23-11-17(20)19-13(2)18(21)22/h3-10,13H,11H2,1-2H3,(H,19,20)(H,21,22)/t13-/m1/s1. The Hall–Kier alpha value is -2.82. The summed E-state index contributed by atoms with van der Waals surface area (Å²) >= 11 is 0. The molecule has 23 heavy (non-hydrogen) atoms. The van der Waals surface area contributed by atoms with Gasteiger partial charge in [-0.2, -0.15) is 0 Å². The molecule has 0 fully saturated rings. The molecule has 1 amide bonds. The number of aliphatic carboxylic acids is 1. The Bertz CT molecular complexity index is 677. The molecule has 2 aromatic carbocycles.